The molecule has 0 aliphatic heterocycles. The van der Waals surface area contributed by atoms with Crippen LogP contribution in [0.25, 0.3) is 0 Å². The molecule has 0 radical (unpaired) electrons. The number of aromatic carboxylic acids is 1. The quantitative estimate of drug-likeness (QED) is 0.818. The van der Waals surface area contributed by atoms with Gasteiger partial charge in [0.05, 0.1) is 17.9 Å². The van der Waals surface area contributed by atoms with Gasteiger partial charge in [0.25, 0.3) is 0 Å². The molecular formula is C15H15NO4. The minimum absolute atomic E-state index is 0.0105. The van der Waals surface area contributed by atoms with Crippen molar-refractivity contribution in [3.63, 3.8) is 0 Å². The Bertz CT molecular complexity index is 625. The molecule has 2 aromatic rings. The molecule has 3 N–H and O–H groups in total. The van der Waals surface area contributed by atoms with Gasteiger partial charge in [0.1, 0.15) is 0 Å². The van der Waals surface area contributed by atoms with E-state index in [4.69, 9.17) is 20.3 Å². The first-order chi connectivity index (χ1) is 9.63. The third-order valence-electron chi connectivity index (χ3n) is 2.67. The van der Waals surface area contributed by atoms with Crippen LogP contribution in [0, 0.1) is 0 Å². The van der Waals surface area contributed by atoms with E-state index in [-0.39, 0.29) is 17.0 Å². The monoisotopic (exact) mass is 273 g/mol. The number of benzene rings is 2. The molecule has 0 bridgehead atoms. The third-order valence-corrected chi connectivity index (χ3v) is 2.67. The summed E-state index contributed by atoms with van der Waals surface area (Å²) in [6, 6.07) is 11.8. The molecule has 0 heterocycles. The van der Waals surface area contributed by atoms with E-state index in [1.165, 1.54) is 6.07 Å². The number of rotatable bonds is 5. The van der Waals surface area contributed by atoms with Gasteiger partial charge >= 0.3 is 5.97 Å². The van der Waals surface area contributed by atoms with E-state index in [9.17, 15) is 4.79 Å². The van der Waals surface area contributed by atoms with Gasteiger partial charge in [0.2, 0.25) is 0 Å². The Morgan fingerprint density at radius 3 is 2.40 bits per heavy atom. The average Bonchev–Trinajstić information content (AvgIpc) is 2.43. The van der Waals surface area contributed by atoms with Crippen LogP contribution in [0.15, 0.2) is 42.5 Å². The Morgan fingerprint density at radius 1 is 1.10 bits per heavy atom. The lowest BCUT2D eigenvalue weighted by atomic mass is 10.1. The fourth-order valence-electron chi connectivity index (χ4n) is 1.75. The summed E-state index contributed by atoms with van der Waals surface area (Å²) in [5, 5.41) is 9.03. The van der Waals surface area contributed by atoms with Gasteiger partial charge in [-0.1, -0.05) is 18.2 Å². The Hall–Kier alpha value is -2.69. The zero-order valence-corrected chi connectivity index (χ0v) is 11.0. The van der Waals surface area contributed by atoms with Crippen LogP contribution in [0.1, 0.15) is 17.3 Å². The molecule has 104 valence electrons. The largest absolute Gasteiger partial charge is 0.490 e. The second-order valence-corrected chi connectivity index (χ2v) is 4.00. The lowest BCUT2D eigenvalue weighted by Crippen LogP contribution is -2.04. The summed E-state index contributed by atoms with van der Waals surface area (Å²) in [4.78, 5) is 11.0. The second-order valence-electron chi connectivity index (χ2n) is 4.00. The highest BCUT2D eigenvalue weighted by atomic mass is 16.5. The second kappa shape index (κ2) is 5.97. The number of ether oxygens (including phenoxy) is 2. The van der Waals surface area contributed by atoms with Crippen molar-refractivity contribution in [1.29, 1.82) is 0 Å². The number of carboxylic acids is 1. The van der Waals surface area contributed by atoms with Crippen molar-refractivity contribution < 1.29 is 19.4 Å². The van der Waals surface area contributed by atoms with E-state index in [2.05, 4.69) is 0 Å². The fourth-order valence-corrected chi connectivity index (χ4v) is 1.75. The lowest BCUT2D eigenvalue weighted by Gasteiger charge is -2.13. The molecule has 2 rings (SSSR count). The summed E-state index contributed by atoms with van der Waals surface area (Å²) in [6.07, 6.45) is 0. The summed E-state index contributed by atoms with van der Waals surface area (Å²) in [6.45, 7) is 2.38. The van der Waals surface area contributed by atoms with Gasteiger partial charge in [-0.3, -0.25) is 0 Å². The number of carboxylic acid groups (broad SMARTS) is 1. The third kappa shape index (κ3) is 2.83. The van der Waals surface area contributed by atoms with E-state index >= 15 is 0 Å². The van der Waals surface area contributed by atoms with Crippen molar-refractivity contribution in [3.05, 3.63) is 48.0 Å². The van der Waals surface area contributed by atoms with E-state index in [1.807, 2.05) is 13.0 Å². The molecule has 0 fully saturated rings. The number of carbonyl (C=O) groups is 1. The Kier molecular flexibility index (Phi) is 4.10. The van der Waals surface area contributed by atoms with Crippen LogP contribution in [0.2, 0.25) is 0 Å². The van der Waals surface area contributed by atoms with E-state index in [1.54, 1.807) is 30.3 Å². The molecule has 0 saturated heterocycles. The van der Waals surface area contributed by atoms with Gasteiger partial charge in [0, 0.05) is 0 Å². The summed E-state index contributed by atoms with van der Waals surface area (Å²) in [5.41, 5.74) is 5.91. The summed E-state index contributed by atoms with van der Waals surface area (Å²) in [5.74, 6) is 0.266. The smallest absolute Gasteiger partial charge is 0.337 e. The van der Waals surface area contributed by atoms with E-state index < -0.39 is 5.97 Å². The van der Waals surface area contributed by atoms with Gasteiger partial charge in [-0.2, -0.15) is 0 Å². The Morgan fingerprint density at radius 2 is 1.75 bits per heavy atom. The van der Waals surface area contributed by atoms with Crippen molar-refractivity contribution >= 4 is 11.7 Å². The highest BCUT2D eigenvalue weighted by Crippen LogP contribution is 2.35. The summed E-state index contributed by atoms with van der Waals surface area (Å²) < 4.78 is 11.1. The predicted octanol–water partition coefficient (Wildman–Crippen LogP) is 3.16. The first-order valence-corrected chi connectivity index (χ1v) is 6.15. The summed E-state index contributed by atoms with van der Waals surface area (Å²) >= 11 is 0. The Labute approximate surface area is 116 Å². The van der Waals surface area contributed by atoms with Crippen LogP contribution >= 0.6 is 0 Å². The molecule has 2 aromatic carbocycles. The maximum atomic E-state index is 11.0. The molecule has 0 saturated carbocycles. The SMILES string of the molecule is CCOc1ccccc1Oc1cccc(C(=O)O)c1N. The van der Waals surface area contributed by atoms with Crippen molar-refractivity contribution in [3.8, 4) is 17.2 Å². The van der Waals surface area contributed by atoms with Gasteiger partial charge in [-0.15, -0.1) is 0 Å². The molecular weight excluding hydrogens is 258 g/mol. The number of nitrogen functional groups attached to an aromatic ring is 1. The molecule has 0 amide bonds. The highest BCUT2D eigenvalue weighted by molar-refractivity contribution is 5.95. The van der Waals surface area contributed by atoms with Crippen molar-refractivity contribution in [2.75, 3.05) is 12.3 Å². The maximum Gasteiger partial charge on any atom is 0.337 e. The molecule has 0 aliphatic rings. The topological polar surface area (TPSA) is 81.8 Å². The van der Waals surface area contributed by atoms with Crippen molar-refractivity contribution in [2.24, 2.45) is 0 Å². The number of anilines is 1. The van der Waals surface area contributed by atoms with Crippen LogP contribution in [0.4, 0.5) is 5.69 Å². The molecule has 0 atom stereocenters. The first kappa shape index (κ1) is 13.7. The van der Waals surface area contributed by atoms with Gasteiger partial charge in [-0.25, -0.2) is 4.79 Å². The maximum absolute atomic E-state index is 11.0. The van der Waals surface area contributed by atoms with Gasteiger partial charge in [-0.05, 0) is 31.2 Å². The number of nitrogens with two attached hydrogens (primary N) is 1. The zero-order valence-electron chi connectivity index (χ0n) is 11.0. The Balaban J connectivity index is 2.35. The van der Waals surface area contributed by atoms with Crippen LogP contribution in [0.3, 0.4) is 0 Å². The number of para-hydroxylation sites is 3. The molecule has 0 unspecified atom stereocenters. The summed E-state index contributed by atoms with van der Waals surface area (Å²) in [7, 11) is 0. The normalized spacial score (nSPS) is 10.1. The molecule has 0 aliphatic carbocycles. The van der Waals surface area contributed by atoms with Crippen LogP contribution in [-0.2, 0) is 0 Å². The minimum Gasteiger partial charge on any atom is -0.490 e. The van der Waals surface area contributed by atoms with Crippen LogP contribution < -0.4 is 15.2 Å². The molecule has 20 heavy (non-hydrogen) atoms. The molecule has 0 aromatic heterocycles. The van der Waals surface area contributed by atoms with Crippen LogP contribution in [0.5, 0.6) is 17.2 Å². The van der Waals surface area contributed by atoms with E-state index in [0.717, 1.165) is 0 Å². The minimum atomic E-state index is -1.09. The highest BCUT2D eigenvalue weighted by Gasteiger charge is 2.14. The first-order valence-electron chi connectivity index (χ1n) is 6.15. The zero-order chi connectivity index (χ0) is 14.5. The molecule has 0 spiro atoms. The average molecular weight is 273 g/mol. The molecule has 5 nitrogen and oxygen atoms in total. The van der Waals surface area contributed by atoms with Crippen molar-refractivity contribution in [2.45, 2.75) is 6.92 Å². The fraction of sp³-hybridized carbons (Fsp3) is 0.133. The van der Waals surface area contributed by atoms with Crippen LogP contribution in [-0.4, -0.2) is 17.7 Å². The van der Waals surface area contributed by atoms with Gasteiger partial charge in [0.15, 0.2) is 17.2 Å². The van der Waals surface area contributed by atoms with E-state index in [0.29, 0.717) is 18.1 Å². The lowest BCUT2D eigenvalue weighted by molar-refractivity contribution is 0.0697. The molecule has 5 heteroatoms. The van der Waals surface area contributed by atoms with Crippen molar-refractivity contribution in [1.82, 2.24) is 0 Å². The predicted molar refractivity (Wildman–Crippen MR) is 75.5 cm³/mol. The number of hydrogen-bond donors (Lipinski definition) is 2. The number of hydrogen-bond acceptors (Lipinski definition) is 4. The van der Waals surface area contributed by atoms with Gasteiger partial charge < -0.3 is 20.3 Å². The standard InChI is InChI=1S/C15H15NO4/c1-2-19-11-7-3-4-8-12(11)20-13-9-5-6-10(14(13)16)15(17)18/h3-9H,2,16H2,1H3,(H,17,18).